The third-order valence-corrected chi connectivity index (χ3v) is 4.55. The molecule has 0 radical (unpaired) electrons. The summed E-state index contributed by atoms with van der Waals surface area (Å²) >= 11 is 7.68. The summed E-state index contributed by atoms with van der Waals surface area (Å²) in [6.07, 6.45) is 1.83. The highest BCUT2D eigenvalue weighted by atomic mass is 35.5. The minimum absolute atomic E-state index is 0.170. The molecule has 2 nitrogen and oxygen atoms in total. The lowest BCUT2D eigenvalue weighted by molar-refractivity contribution is 0.640. The molecule has 4 heteroatoms. The molecule has 1 aromatic carbocycles. The molecule has 0 bridgehead atoms. The van der Waals surface area contributed by atoms with E-state index in [2.05, 4.69) is 47.6 Å². The van der Waals surface area contributed by atoms with Crippen LogP contribution in [0.25, 0.3) is 10.9 Å². The number of halogens is 1. The number of rotatable bonds is 4. The molecule has 3 rings (SSSR count). The van der Waals surface area contributed by atoms with Gasteiger partial charge in [0.05, 0.1) is 15.9 Å². The van der Waals surface area contributed by atoms with Crippen LogP contribution >= 0.6 is 22.9 Å². The topological polar surface area (TPSA) is 24.9 Å². The summed E-state index contributed by atoms with van der Waals surface area (Å²) in [4.78, 5) is 5.66. The predicted molar refractivity (Wildman–Crippen MR) is 86.6 cm³/mol. The Morgan fingerprint density at radius 1 is 1.25 bits per heavy atom. The molecule has 0 fully saturated rings. The minimum Gasteiger partial charge on any atom is -0.306 e. The van der Waals surface area contributed by atoms with Crippen LogP contribution in [0.4, 0.5) is 0 Å². The molecule has 3 aromatic rings. The number of aromatic nitrogens is 1. The first-order valence-electron chi connectivity index (χ1n) is 6.61. The molecule has 0 aliphatic rings. The smallest absolute Gasteiger partial charge is 0.0931 e. The molecule has 0 saturated carbocycles. The van der Waals surface area contributed by atoms with Crippen LogP contribution in [-0.4, -0.2) is 11.5 Å². The van der Waals surface area contributed by atoms with Crippen molar-refractivity contribution < 1.29 is 0 Å². The van der Waals surface area contributed by atoms with Crippen LogP contribution in [-0.2, 0) is 0 Å². The SMILES string of the molecule is CCNC(c1ccc2cccnc2c1)c1ccc(Cl)s1. The second-order valence-corrected chi connectivity index (χ2v) is 6.33. The van der Waals surface area contributed by atoms with Crippen molar-refractivity contribution in [1.82, 2.24) is 10.3 Å². The Balaban J connectivity index is 2.04. The maximum absolute atomic E-state index is 6.07. The van der Waals surface area contributed by atoms with E-state index in [4.69, 9.17) is 11.6 Å². The van der Waals surface area contributed by atoms with Gasteiger partial charge in [-0.2, -0.15) is 0 Å². The Bertz CT molecular complexity index is 723. The molecular formula is C16H15ClN2S. The van der Waals surface area contributed by atoms with E-state index in [1.165, 1.54) is 10.4 Å². The maximum Gasteiger partial charge on any atom is 0.0931 e. The molecule has 1 atom stereocenters. The van der Waals surface area contributed by atoms with Crippen LogP contribution in [0.2, 0.25) is 4.34 Å². The molecule has 0 amide bonds. The van der Waals surface area contributed by atoms with Crippen LogP contribution in [0.5, 0.6) is 0 Å². The standard InChI is InChI=1S/C16H15ClN2S/c1-2-18-16(14-7-8-15(17)20-14)12-6-5-11-4-3-9-19-13(11)10-12/h3-10,16,18H,2H2,1H3. The minimum atomic E-state index is 0.170. The summed E-state index contributed by atoms with van der Waals surface area (Å²) < 4.78 is 0.821. The van der Waals surface area contributed by atoms with Crippen molar-refractivity contribution >= 4 is 33.8 Å². The zero-order valence-corrected chi connectivity index (χ0v) is 12.7. The quantitative estimate of drug-likeness (QED) is 0.759. The van der Waals surface area contributed by atoms with Crippen LogP contribution in [0.15, 0.2) is 48.7 Å². The van der Waals surface area contributed by atoms with E-state index >= 15 is 0 Å². The number of fused-ring (bicyclic) bond motifs is 1. The summed E-state index contributed by atoms with van der Waals surface area (Å²) in [5, 5.41) is 4.68. The number of pyridine rings is 1. The van der Waals surface area contributed by atoms with Gasteiger partial charge in [0, 0.05) is 16.5 Å². The number of nitrogens with zero attached hydrogens (tertiary/aromatic N) is 1. The third-order valence-electron chi connectivity index (χ3n) is 3.25. The number of benzene rings is 1. The predicted octanol–water partition coefficient (Wildman–Crippen LogP) is 4.65. The lowest BCUT2D eigenvalue weighted by atomic mass is 10.0. The summed E-state index contributed by atoms with van der Waals surface area (Å²) in [5.41, 5.74) is 2.24. The molecule has 1 unspecified atom stereocenters. The Morgan fingerprint density at radius 2 is 2.15 bits per heavy atom. The van der Waals surface area contributed by atoms with Gasteiger partial charge < -0.3 is 5.32 Å². The largest absolute Gasteiger partial charge is 0.306 e. The van der Waals surface area contributed by atoms with Crippen molar-refractivity contribution in [3.8, 4) is 0 Å². The summed E-state index contributed by atoms with van der Waals surface area (Å²) in [6, 6.07) is 14.7. The van der Waals surface area contributed by atoms with Crippen molar-refractivity contribution in [1.29, 1.82) is 0 Å². The first-order valence-corrected chi connectivity index (χ1v) is 7.80. The van der Waals surface area contributed by atoms with Gasteiger partial charge in [-0.25, -0.2) is 0 Å². The average molecular weight is 303 g/mol. The number of hydrogen-bond donors (Lipinski definition) is 1. The third kappa shape index (κ3) is 2.70. The highest BCUT2D eigenvalue weighted by molar-refractivity contribution is 7.16. The fourth-order valence-corrected chi connectivity index (χ4v) is 3.50. The van der Waals surface area contributed by atoms with Gasteiger partial charge in [0.15, 0.2) is 0 Å². The first kappa shape index (κ1) is 13.6. The van der Waals surface area contributed by atoms with Crippen molar-refractivity contribution in [3.63, 3.8) is 0 Å². The fraction of sp³-hybridized carbons (Fsp3) is 0.188. The van der Waals surface area contributed by atoms with Gasteiger partial charge in [0.1, 0.15) is 0 Å². The monoisotopic (exact) mass is 302 g/mol. The maximum atomic E-state index is 6.07. The Kier molecular flexibility index (Phi) is 4.01. The lowest BCUT2D eigenvalue weighted by Crippen LogP contribution is -2.21. The van der Waals surface area contributed by atoms with Gasteiger partial charge >= 0.3 is 0 Å². The van der Waals surface area contributed by atoms with Crippen LogP contribution in [0.3, 0.4) is 0 Å². The van der Waals surface area contributed by atoms with Gasteiger partial charge in [-0.1, -0.05) is 36.7 Å². The molecule has 0 aliphatic carbocycles. The molecule has 1 N–H and O–H groups in total. The Morgan fingerprint density at radius 3 is 2.90 bits per heavy atom. The molecule has 20 heavy (non-hydrogen) atoms. The molecule has 0 saturated heterocycles. The number of nitrogens with one attached hydrogen (secondary N) is 1. The number of thiophene rings is 1. The molecule has 2 heterocycles. The molecular weight excluding hydrogens is 288 g/mol. The second kappa shape index (κ2) is 5.92. The van der Waals surface area contributed by atoms with E-state index in [9.17, 15) is 0 Å². The van der Waals surface area contributed by atoms with E-state index in [0.717, 1.165) is 21.8 Å². The lowest BCUT2D eigenvalue weighted by Gasteiger charge is -2.17. The van der Waals surface area contributed by atoms with Gasteiger partial charge in [-0.3, -0.25) is 4.98 Å². The second-order valence-electron chi connectivity index (χ2n) is 4.59. The molecule has 102 valence electrons. The summed E-state index contributed by atoms with van der Waals surface area (Å²) in [5.74, 6) is 0. The van der Waals surface area contributed by atoms with Gasteiger partial charge in [-0.05, 0) is 36.4 Å². The average Bonchev–Trinajstić information content (AvgIpc) is 2.90. The van der Waals surface area contributed by atoms with Crippen LogP contribution in [0, 0.1) is 0 Å². The summed E-state index contributed by atoms with van der Waals surface area (Å²) in [6.45, 7) is 3.02. The normalized spacial score (nSPS) is 12.7. The Hall–Kier alpha value is -1.42. The van der Waals surface area contributed by atoms with Crippen molar-refractivity contribution in [3.05, 3.63) is 63.4 Å². The van der Waals surface area contributed by atoms with Crippen molar-refractivity contribution in [2.45, 2.75) is 13.0 Å². The highest BCUT2D eigenvalue weighted by Crippen LogP contribution is 2.32. The first-order chi connectivity index (χ1) is 9.78. The van der Waals surface area contributed by atoms with E-state index < -0.39 is 0 Å². The van der Waals surface area contributed by atoms with E-state index in [1.54, 1.807) is 11.3 Å². The Labute approximate surface area is 127 Å². The zero-order chi connectivity index (χ0) is 13.9. The van der Waals surface area contributed by atoms with Crippen molar-refractivity contribution in [2.75, 3.05) is 6.54 Å². The summed E-state index contributed by atoms with van der Waals surface area (Å²) in [7, 11) is 0. The van der Waals surface area contributed by atoms with Crippen LogP contribution in [0.1, 0.15) is 23.4 Å². The molecule has 0 spiro atoms. The van der Waals surface area contributed by atoms with E-state index in [-0.39, 0.29) is 6.04 Å². The van der Waals surface area contributed by atoms with E-state index in [0.29, 0.717) is 0 Å². The fourth-order valence-electron chi connectivity index (χ4n) is 2.33. The van der Waals surface area contributed by atoms with E-state index in [1.807, 2.05) is 18.3 Å². The van der Waals surface area contributed by atoms with Crippen molar-refractivity contribution in [2.24, 2.45) is 0 Å². The van der Waals surface area contributed by atoms with Gasteiger partial charge in [0.25, 0.3) is 0 Å². The van der Waals surface area contributed by atoms with Gasteiger partial charge in [0.2, 0.25) is 0 Å². The van der Waals surface area contributed by atoms with Crippen LogP contribution < -0.4 is 5.32 Å². The zero-order valence-electron chi connectivity index (χ0n) is 11.1. The molecule has 0 aliphatic heterocycles. The number of hydrogen-bond acceptors (Lipinski definition) is 3. The van der Waals surface area contributed by atoms with Gasteiger partial charge in [-0.15, -0.1) is 11.3 Å². The molecule has 2 aromatic heterocycles. The highest BCUT2D eigenvalue weighted by Gasteiger charge is 2.15.